The topological polar surface area (TPSA) is 52.9 Å². The van der Waals surface area contributed by atoms with Crippen molar-refractivity contribution in [2.45, 2.75) is 13.3 Å². The summed E-state index contributed by atoms with van der Waals surface area (Å²) >= 11 is 0. The van der Waals surface area contributed by atoms with Crippen molar-refractivity contribution in [1.82, 2.24) is 5.32 Å². The van der Waals surface area contributed by atoms with Crippen molar-refractivity contribution in [2.24, 2.45) is 5.41 Å². The third-order valence-corrected chi connectivity index (χ3v) is 2.50. The van der Waals surface area contributed by atoms with E-state index in [1.165, 1.54) is 0 Å². The van der Waals surface area contributed by atoms with Crippen LogP contribution in [0.3, 0.4) is 0 Å². The Hall–Kier alpha value is -1.82. The van der Waals surface area contributed by atoms with Crippen LogP contribution < -0.4 is 5.32 Å². The summed E-state index contributed by atoms with van der Waals surface area (Å²) in [5.41, 5.74) is -0.321. The van der Waals surface area contributed by atoms with E-state index in [1.54, 1.807) is 18.2 Å². The second-order valence-electron chi connectivity index (χ2n) is 3.38. The minimum Gasteiger partial charge on any atom is -0.354 e. The number of nitrogens with zero attached hydrogens (tertiary/aromatic N) is 1. The molecule has 3 nitrogen and oxygen atoms in total. The molecule has 0 aromatic carbocycles. The highest BCUT2D eigenvalue weighted by molar-refractivity contribution is 5.91. The number of carbonyl (C=O) groups excluding carboxylic acids is 1. The van der Waals surface area contributed by atoms with Crippen molar-refractivity contribution in [3.8, 4) is 6.07 Å². The molecule has 3 heteroatoms. The van der Waals surface area contributed by atoms with E-state index in [2.05, 4.69) is 18.0 Å². The maximum absolute atomic E-state index is 11.7. The van der Waals surface area contributed by atoms with Gasteiger partial charge in [0.15, 0.2) is 5.41 Å². The van der Waals surface area contributed by atoms with E-state index in [4.69, 9.17) is 0 Å². The molecule has 0 aliphatic carbocycles. The zero-order valence-corrected chi connectivity index (χ0v) is 8.79. The molecule has 1 amide bonds. The molecular formula is C12H14N2O. The van der Waals surface area contributed by atoms with Crippen LogP contribution in [0.4, 0.5) is 0 Å². The number of carbonyl (C=O) groups is 1. The number of hydrogen-bond donors (Lipinski definition) is 1. The Bertz CT molecular complexity index is 374. The van der Waals surface area contributed by atoms with Gasteiger partial charge in [0.2, 0.25) is 5.91 Å². The van der Waals surface area contributed by atoms with Crippen LogP contribution in [0.2, 0.25) is 0 Å². The van der Waals surface area contributed by atoms with Crippen molar-refractivity contribution in [1.29, 1.82) is 5.26 Å². The van der Waals surface area contributed by atoms with Gasteiger partial charge in [0.05, 0.1) is 6.07 Å². The highest BCUT2D eigenvalue weighted by atomic mass is 16.2. The molecule has 1 rings (SSSR count). The summed E-state index contributed by atoms with van der Waals surface area (Å²) in [5.74, 6) is -0.212. The molecule has 0 radical (unpaired) electrons. The lowest BCUT2D eigenvalue weighted by Crippen LogP contribution is -2.31. The van der Waals surface area contributed by atoms with E-state index in [9.17, 15) is 10.1 Å². The third kappa shape index (κ3) is 1.84. The van der Waals surface area contributed by atoms with Gasteiger partial charge >= 0.3 is 0 Å². The lowest BCUT2D eigenvalue weighted by atomic mass is 9.79. The van der Waals surface area contributed by atoms with Crippen molar-refractivity contribution in [2.75, 3.05) is 6.54 Å². The normalized spacial score (nSPS) is 26.4. The Morgan fingerprint density at radius 1 is 1.73 bits per heavy atom. The quantitative estimate of drug-likeness (QED) is 0.708. The van der Waals surface area contributed by atoms with Crippen LogP contribution in [0.25, 0.3) is 0 Å². The van der Waals surface area contributed by atoms with Gasteiger partial charge in [-0.05, 0) is 18.9 Å². The summed E-state index contributed by atoms with van der Waals surface area (Å²) in [6.07, 6.45) is 7.44. The molecule has 78 valence electrons. The molecule has 1 aliphatic heterocycles. The SMILES string of the molecule is C=C/C=C(\C=C/C)C1(C#N)CCNC1=O. The Labute approximate surface area is 89.8 Å². The van der Waals surface area contributed by atoms with Crippen LogP contribution in [-0.2, 0) is 4.79 Å². The number of rotatable bonds is 3. The van der Waals surface area contributed by atoms with Crippen molar-refractivity contribution >= 4 is 5.91 Å². The van der Waals surface area contributed by atoms with Crippen molar-refractivity contribution in [3.05, 3.63) is 36.5 Å². The van der Waals surface area contributed by atoms with Gasteiger partial charge in [0.25, 0.3) is 0 Å². The summed E-state index contributed by atoms with van der Waals surface area (Å²) in [5, 5.41) is 11.9. The fourth-order valence-electron chi connectivity index (χ4n) is 1.72. The minimum absolute atomic E-state index is 0.212. The van der Waals surface area contributed by atoms with Gasteiger partial charge in [-0.25, -0.2) is 0 Å². The zero-order valence-electron chi connectivity index (χ0n) is 8.79. The molecule has 0 spiro atoms. The van der Waals surface area contributed by atoms with Crippen LogP contribution in [0, 0.1) is 16.7 Å². The maximum atomic E-state index is 11.7. The first-order valence-electron chi connectivity index (χ1n) is 4.86. The van der Waals surface area contributed by atoms with Crippen LogP contribution in [0.5, 0.6) is 0 Å². The molecule has 0 aromatic heterocycles. The molecule has 1 N–H and O–H groups in total. The molecule has 1 fully saturated rings. The smallest absolute Gasteiger partial charge is 0.245 e. The molecule has 1 heterocycles. The third-order valence-electron chi connectivity index (χ3n) is 2.50. The molecule has 1 aliphatic rings. The average molecular weight is 202 g/mol. The van der Waals surface area contributed by atoms with Gasteiger partial charge in [-0.3, -0.25) is 4.79 Å². The van der Waals surface area contributed by atoms with Crippen molar-refractivity contribution in [3.63, 3.8) is 0 Å². The zero-order chi connectivity index (χ0) is 11.3. The molecule has 15 heavy (non-hydrogen) atoms. The first-order chi connectivity index (χ1) is 7.21. The predicted octanol–water partition coefficient (Wildman–Crippen LogP) is 1.70. The first kappa shape index (κ1) is 11.3. The lowest BCUT2D eigenvalue weighted by Gasteiger charge is -2.18. The number of allylic oxidation sites excluding steroid dienone is 4. The van der Waals surface area contributed by atoms with E-state index >= 15 is 0 Å². The Morgan fingerprint density at radius 2 is 2.47 bits per heavy atom. The molecule has 1 saturated heterocycles. The Kier molecular flexibility index (Phi) is 3.46. The summed E-state index contributed by atoms with van der Waals surface area (Å²) < 4.78 is 0. The lowest BCUT2D eigenvalue weighted by molar-refractivity contribution is -0.123. The number of hydrogen-bond acceptors (Lipinski definition) is 2. The van der Waals surface area contributed by atoms with Crippen LogP contribution in [0.15, 0.2) is 36.5 Å². The first-order valence-corrected chi connectivity index (χ1v) is 4.86. The molecule has 0 bridgehead atoms. The van der Waals surface area contributed by atoms with E-state index in [-0.39, 0.29) is 5.91 Å². The van der Waals surface area contributed by atoms with Gasteiger partial charge in [-0.2, -0.15) is 5.26 Å². The second-order valence-corrected chi connectivity index (χ2v) is 3.38. The molecule has 1 atom stereocenters. The second kappa shape index (κ2) is 4.61. The van der Waals surface area contributed by atoms with E-state index in [0.717, 1.165) is 0 Å². The van der Waals surface area contributed by atoms with Crippen LogP contribution >= 0.6 is 0 Å². The number of amides is 1. The van der Waals surface area contributed by atoms with E-state index in [1.807, 2.05) is 13.0 Å². The van der Waals surface area contributed by atoms with Crippen molar-refractivity contribution < 1.29 is 4.79 Å². The summed E-state index contributed by atoms with van der Waals surface area (Å²) in [4.78, 5) is 11.7. The molecule has 0 saturated carbocycles. The minimum atomic E-state index is -1.03. The van der Waals surface area contributed by atoms with E-state index in [0.29, 0.717) is 18.5 Å². The number of nitrogens with one attached hydrogen (secondary N) is 1. The van der Waals surface area contributed by atoms with Gasteiger partial charge in [-0.15, -0.1) is 0 Å². The summed E-state index contributed by atoms with van der Waals surface area (Å²) in [6.45, 7) is 6.00. The van der Waals surface area contributed by atoms with Gasteiger partial charge in [0, 0.05) is 6.54 Å². The number of nitriles is 1. The summed E-state index contributed by atoms with van der Waals surface area (Å²) in [6, 6.07) is 2.12. The van der Waals surface area contributed by atoms with Crippen LogP contribution in [-0.4, -0.2) is 12.5 Å². The molecule has 1 unspecified atom stereocenters. The van der Waals surface area contributed by atoms with Gasteiger partial charge in [0.1, 0.15) is 0 Å². The summed E-state index contributed by atoms with van der Waals surface area (Å²) in [7, 11) is 0. The average Bonchev–Trinajstić information content (AvgIpc) is 2.60. The van der Waals surface area contributed by atoms with Gasteiger partial charge < -0.3 is 5.32 Å². The van der Waals surface area contributed by atoms with Crippen LogP contribution in [0.1, 0.15) is 13.3 Å². The predicted molar refractivity (Wildman–Crippen MR) is 58.8 cm³/mol. The Balaban J connectivity index is 3.20. The highest BCUT2D eigenvalue weighted by Gasteiger charge is 2.44. The fraction of sp³-hybridized carbons (Fsp3) is 0.333. The fourth-order valence-corrected chi connectivity index (χ4v) is 1.72. The highest BCUT2D eigenvalue weighted by Crippen LogP contribution is 2.35. The van der Waals surface area contributed by atoms with E-state index < -0.39 is 5.41 Å². The Morgan fingerprint density at radius 3 is 2.87 bits per heavy atom. The largest absolute Gasteiger partial charge is 0.354 e. The maximum Gasteiger partial charge on any atom is 0.245 e. The monoisotopic (exact) mass is 202 g/mol. The molecular weight excluding hydrogens is 188 g/mol. The van der Waals surface area contributed by atoms with Gasteiger partial charge in [-0.1, -0.05) is 30.9 Å². The molecule has 0 aromatic rings. The standard InChI is InChI=1S/C12H14N2O/c1-3-5-10(6-4-2)12(9-13)7-8-14-11(12)15/h3-6H,1,7-8H2,2H3,(H,14,15)/b6-4-,10-5+.